The van der Waals surface area contributed by atoms with Crippen LogP contribution in [0.25, 0.3) is 0 Å². The molecular formula is C17H21Cl2N3O2. The van der Waals surface area contributed by atoms with Gasteiger partial charge < -0.3 is 10.2 Å². The van der Waals surface area contributed by atoms with E-state index in [2.05, 4.69) is 10.2 Å². The predicted octanol–water partition coefficient (Wildman–Crippen LogP) is 2.88. The van der Waals surface area contributed by atoms with Crippen LogP contribution in [-0.4, -0.2) is 54.3 Å². The van der Waals surface area contributed by atoms with Crippen molar-refractivity contribution in [3.8, 4) is 0 Å². The van der Waals surface area contributed by atoms with Gasteiger partial charge in [-0.15, -0.1) is 0 Å². The highest BCUT2D eigenvalue weighted by atomic mass is 35.5. The standard InChI is InChI=1S/C17H21Cl2N3O2/c18-13-3-4-14(19)15(11-13)20-16(23)5-6-21-7-9-22(10-8-21)17(24)12-1-2-12/h3-4,11-12H,1-2,5-10H2,(H,20,23). The molecule has 2 fully saturated rings. The molecule has 7 heteroatoms. The number of halogens is 2. The van der Waals surface area contributed by atoms with Gasteiger partial charge in [-0.2, -0.15) is 0 Å². The van der Waals surface area contributed by atoms with Crippen molar-refractivity contribution in [1.82, 2.24) is 9.80 Å². The van der Waals surface area contributed by atoms with Crippen molar-refractivity contribution >= 4 is 40.7 Å². The van der Waals surface area contributed by atoms with Gasteiger partial charge in [0.25, 0.3) is 0 Å². The average Bonchev–Trinajstić information content (AvgIpc) is 3.41. The Kier molecular flexibility index (Phi) is 5.64. The molecule has 0 bridgehead atoms. The number of benzene rings is 1. The maximum atomic E-state index is 12.1. The Morgan fingerprint density at radius 1 is 1.12 bits per heavy atom. The maximum absolute atomic E-state index is 12.1. The first-order valence-electron chi connectivity index (χ1n) is 8.29. The fourth-order valence-electron chi connectivity index (χ4n) is 2.85. The van der Waals surface area contributed by atoms with E-state index < -0.39 is 0 Å². The molecule has 1 saturated heterocycles. The first-order chi connectivity index (χ1) is 11.5. The number of carbonyl (C=O) groups excluding carboxylic acids is 2. The normalized spacial score (nSPS) is 18.5. The molecule has 0 unspecified atom stereocenters. The van der Waals surface area contributed by atoms with Gasteiger partial charge in [0.1, 0.15) is 0 Å². The summed E-state index contributed by atoms with van der Waals surface area (Å²) in [5.41, 5.74) is 0.536. The molecule has 1 aliphatic carbocycles. The fraction of sp³-hybridized carbons (Fsp3) is 0.529. The zero-order chi connectivity index (χ0) is 17.1. The first-order valence-corrected chi connectivity index (χ1v) is 9.04. The minimum atomic E-state index is -0.0874. The second-order valence-electron chi connectivity index (χ2n) is 6.36. The van der Waals surface area contributed by atoms with Crippen molar-refractivity contribution in [1.29, 1.82) is 0 Å². The van der Waals surface area contributed by atoms with E-state index >= 15 is 0 Å². The largest absolute Gasteiger partial charge is 0.340 e. The van der Waals surface area contributed by atoms with Gasteiger partial charge in [0, 0.05) is 50.1 Å². The summed E-state index contributed by atoms with van der Waals surface area (Å²) in [6.07, 6.45) is 2.48. The van der Waals surface area contributed by atoms with E-state index in [0.717, 1.165) is 39.0 Å². The third-order valence-corrected chi connectivity index (χ3v) is 5.03. The van der Waals surface area contributed by atoms with Crippen molar-refractivity contribution in [3.05, 3.63) is 28.2 Å². The third kappa shape index (κ3) is 4.62. The highest BCUT2D eigenvalue weighted by molar-refractivity contribution is 6.35. The van der Waals surface area contributed by atoms with Gasteiger partial charge in [-0.05, 0) is 31.0 Å². The maximum Gasteiger partial charge on any atom is 0.225 e. The minimum absolute atomic E-state index is 0.0874. The number of rotatable bonds is 5. The fourth-order valence-corrected chi connectivity index (χ4v) is 3.18. The number of nitrogens with zero attached hydrogens (tertiary/aromatic N) is 2. The lowest BCUT2D eigenvalue weighted by molar-refractivity contribution is -0.134. The number of piperazine rings is 1. The van der Waals surface area contributed by atoms with Crippen LogP contribution >= 0.6 is 23.2 Å². The lowest BCUT2D eigenvalue weighted by Gasteiger charge is -2.34. The molecule has 0 aromatic heterocycles. The predicted molar refractivity (Wildman–Crippen MR) is 95.5 cm³/mol. The Morgan fingerprint density at radius 2 is 1.83 bits per heavy atom. The van der Waals surface area contributed by atoms with E-state index in [-0.39, 0.29) is 11.8 Å². The summed E-state index contributed by atoms with van der Waals surface area (Å²) >= 11 is 12.0. The van der Waals surface area contributed by atoms with Crippen LogP contribution in [0, 0.1) is 5.92 Å². The minimum Gasteiger partial charge on any atom is -0.340 e. The second kappa shape index (κ2) is 7.72. The molecule has 3 rings (SSSR count). The number of anilines is 1. The third-order valence-electron chi connectivity index (χ3n) is 4.47. The lowest BCUT2D eigenvalue weighted by Crippen LogP contribution is -2.49. The topological polar surface area (TPSA) is 52.7 Å². The van der Waals surface area contributed by atoms with Crippen LogP contribution in [-0.2, 0) is 9.59 Å². The number of nitrogens with one attached hydrogen (secondary N) is 1. The summed E-state index contributed by atoms with van der Waals surface area (Å²) in [5.74, 6) is 0.503. The Hall–Kier alpha value is -1.30. The molecular weight excluding hydrogens is 349 g/mol. The van der Waals surface area contributed by atoms with Crippen LogP contribution in [0.4, 0.5) is 5.69 Å². The molecule has 1 saturated carbocycles. The Balaban J connectivity index is 1.40. The van der Waals surface area contributed by atoms with E-state index in [9.17, 15) is 9.59 Å². The van der Waals surface area contributed by atoms with E-state index in [0.29, 0.717) is 34.6 Å². The Morgan fingerprint density at radius 3 is 2.50 bits per heavy atom. The van der Waals surface area contributed by atoms with Crippen molar-refractivity contribution in [3.63, 3.8) is 0 Å². The Bertz CT molecular complexity index is 626. The smallest absolute Gasteiger partial charge is 0.225 e. The summed E-state index contributed by atoms with van der Waals surface area (Å²) in [6.45, 7) is 3.84. The summed E-state index contributed by atoms with van der Waals surface area (Å²) in [7, 11) is 0. The van der Waals surface area contributed by atoms with Gasteiger partial charge in [0.2, 0.25) is 11.8 Å². The van der Waals surface area contributed by atoms with Crippen LogP contribution in [0.3, 0.4) is 0 Å². The van der Waals surface area contributed by atoms with Gasteiger partial charge >= 0.3 is 0 Å². The van der Waals surface area contributed by atoms with E-state index in [4.69, 9.17) is 23.2 Å². The van der Waals surface area contributed by atoms with E-state index in [1.165, 1.54) is 0 Å². The van der Waals surface area contributed by atoms with Crippen LogP contribution in [0.1, 0.15) is 19.3 Å². The van der Waals surface area contributed by atoms with E-state index in [1.807, 2.05) is 4.90 Å². The molecule has 1 aliphatic heterocycles. The average molecular weight is 370 g/mol. The Labute approximate surface area is 151 Å². The van der Waals surface area contributed by atoms with Crippen molar-refractivity contribution in [2.24, 2.45) is 5.92 Å². The molecule has 1 aromatic carbocycles. The molecule has 1 aromatic rings. The summed E-state index contributed by atoms with van der Waals surface area (Å²) in [4.78, 5) is 28.3. The van der Waals surface area contributed by atoms with Crippen LogP contribution in [0.5, 0.6) is 0 Å². The van der Waals surface area contributed by atoms with Crippen molar-refractivity contribution in [2.45, 2.75) is 19.3 Å². The molecule has 24 heavy (non-hydrogen) atoms. The van der Waals surface area contributed by atoms with Crippen LogP contribution in [0.15, 0.2) is 18.2 Å². The van der Waals surface area contributed by atoms with Crippen molar-refractivity contribution < 1.29 is 9.59 Å². The van der Waals surface area contributed by atoms with Gasteiger partial charge in [-0.25, -0.2) is 0 Å². The molecule has 1 N–H and O–H groups in total. The van der Waals surface area contributed by atoms with Crippen LogP contribution in [0.2, 0.25) is 10.0 Å². The van der Waals surface area contributed by atoms with E-state index in [1.54, 1.807) is 18.2 Å². The number of carbonyl (C=O) groups is 2. The first kappa shape index (κ1) is 17.5. The number of hydrogen-bond acceptors (Lipinski definition) is 3. The number of hydrogen-bond donors (Lipinski definition) is 1. The monoisotopic (exact) mass is 369 g/mol. The highest BCUT2D eigenvalue weighted by Gasteiger charge is 2.34. The number of amides is 2. The SMILES string of the molecule is O=C(CCN1CCN(C(=O)C2CC2)CC1)Nc1cc(Cl)ccc1Cl. The molecule has 0 atom stereocenters. The van der Waals surface area contributed by atoms with Gasteiger partial charge in [-0.1, -0.05) is 23.2 Å². The zero-order valence-electron chi connectivity index (χ0n) is 13.4. The van der Waals surface area contributed by atoms with Crippen LogP contribution < -0.4 is 5.32 Å². The molecule has 130 valence electrons. The molecule has 0 radical (unpaired) electrons. The van der Waals surface area contributed by atoms with Gasteiger partial charge in [0.15, 0.2) is 0 Å². The zero-order valence-corrected chi connectivity index (χ0v) is 14.9. The molecule has 0 spiro atoms. The highest BCUT2D eigenvalue weighted by Crippen LogP contribution is 2.31. The molecule has 1 heterocycles. The van der Waals surface area contributed by atoms with Crippen molar-refractivity contribution in [2.75, 3.05) is 38.0 Å². The van der Waals surface area contributed by atoms with Gasteiger partial charge in [0.05, 0.1) is 10.7 Å². The quantitative estimate of drug-likeness (QED) is 0.867. The molecule has 5 nitrogen and oxygen atoms in total. The van der Waals surface area contributed by atoms with Gasteiger partial charge in [-0.3, -0.25) is 14.5 Å². The second-order valence-corrected chi connectivity index (χ2v) is 7.21. The lowest BCUT2D eigenvalue weighted by atomic mass is 10.2. The molecule has 2 aliphatic rings. The molecule has 2 amide bonds. The summed E-state index contributed by atoms with van der Waals surface area (Å²) in [6, 6.07) is 4.99. The summed E-state index contributed by atoms with van der Waals surface area (Å²) in [5, 5.41) is 3.80. The summed E-state index contributed by atoms with van der Waals surface area (Å²) < 4.78 is 0.